The zero-order valence-corrected chi connectivity index (χ0v) is 15.8. The van der Waals surface area contributed by atoms with Gasteiger partial charge in [0, 0.05) is 5.56 Å². The topological polar surface area (TPSA) is 0 Å². The Bertz CT molecular complexity index is 910. The van der Waals surface area contributed by atoms with Crippen molar-refractivity contribution < 1.29 is 13.2 Å². The fourth-order valence-corrected chi connectivity index (χ4v) is 3.24. The van der Waals surface area contributed by atoms with E-state index in [0.29, 0.717) is 17.5 Å². The van der Waals surface area contributed by atoms with E-state index in [-0.39, 0.29) is 17.0 Å². The van der Waals surface area contributed by atoms with E-state index in [1.807, 2.05) is 24.3 Å². The zero-order chi connectivity index (χ0) is 19.4. The van der Waals surface area contributed by atoms with Crippen molar-refractivity contribution in [2.75, 3.05) is 0 Å². The van der Waals surface area contributed by atoms with Crippen LogP contribution in [0.1, 0.15) is 30.0 Å². The van der Waals surface area contributed by atoms with Crippen LogP contribution in [-0.4, -0.2) is 0 Å². The van der Waals surface area contributed by atoms with E-state index in [9.17, 15) is 13.2 Å². The molecule has 0 atom stereocenters. The first kappa shape index (κ1) is 19.5. The van der Waals surface area contributed by atoms with Crippen molar-refractivity contribution in [3.05, 3.63) is 93.8 Å². The van der Waals surface area contributed by atoms with Gasteiger partial charge in [0.1, 0.15) is 17.5 Å². The minimum absolute atomic E-state index is 0.0108. The lowest BCUT2D eigenvalue weighted by molar-refractivity contribution is 0.555. The van der Waals surface area contributed by atoms with Gasteiger partial charge in [-0.1, -0.05) is 55.3 Å². The van der Waals surface area contributed by atoms with Crippen LogP contribution in [0.15, 0.2) is 54.6 Å². The minimum Gasteiger partial charge on any atom is -0.207 e. The molecule has 0 aliphatic rings. The molecule has 0 bridgehead atoms. The molecule has 0 saturated heterocycles. The van der Waals surface area contributed by atoms with Crippen LogP contribution in [0.3, 0.4) is 0 Å². The summed E-state index contributed by atoms with van der Waals surface area (Å²) in [6.45, 7) is 2.11. The van der Waals surface area contributed by atoms with Crippen LogP contribution in [0.5, 0.6) is 0 Å². The summed E-state index contributed by atoms with van der Waals surface area (Å²) in [6, 6.07) is 14.9. The van der Waals surface area contributed by atoms with Gasteiger partial charge in [-0.2, -0.15) is 0 Å². The van der Waals surface area contributed by atoms with E-state index in [4.69, 9.17) is 11.6 Å². The minimum atomic E-state index is -0.586. The third kappa shape index (κ3) is 4.72. The fourth-order valence-electron chi connectivity index (χ4n) is 3.13. The second-order valence-corrected chi connectivity index (χ2v) is 7.02. The molecule has 3 rings (SSSR count). The molecule has 0 aromatic heterocycles. The Hall–Kier alpha value is -2.26. The van der Waals surface area contributed by atoms with Crippen LogP contribution in [0.2, 0.25) is 5.02 Å². The van der Waals surface area contributed by atoms with E-state index in [1.54, 1.807) is 6.07 Å². The van der Waals surface area contributed by atoms with Gasteiger partial charge in [0.2, 0.25) is 0 Å². The number of benzene rings is 3. The lowest BCUT2D eigenvalue weighted by atomic mass is 9.98. The first-order chi connectivity index (χ1) is 13.0. The normalized spacial score (nSPS) is 11.0. The third-order valence-electron chi connectivity index (χ3n) is 4.61. The van der Waals surface area contributed by atoms with Gasteiger partial charge in [-0.15, -0.1) is 0 Å². The number of hydrogen-bond donors (Lipinski definition) is 0. The Morgan fingerprint density at radius 2 is 1.30 bits per heavy atom. The summed E-state index contributed by atoms with van der Waals surface area (Å²) in [7, 11) is 0. The maximum absolute atomic E-state index is 14.5. The second-order valence-electron chi connectivity index (χ2n) is 6.61. The average molecular weight is 389 g/mol. The molecule has 140 valence electrons. The Labute approximate surface area is 162 Å². The number of aryl methyl sites for hydroxylation is 2. The van der Waals surface area contributed by atoms with E-state index in [1.165, 1.54) is 29.8 Å². The summed E-state index contributed by atoms with van der Waals surface area (Å²) >= 11 is 5.66. The zero-order valence-electron chi connectivity index (χ0n) is 15.0. The predicted molar refractivity (Wildman–Crippen MR) is 105 cm³/mol. The molecule has 0 spiro atoms. The van der Waals surface area contributed by atoms with E-state index in [0.717, 1.165) is 18.4 Å². The van der Waals surface area contributed by atoms with Crippen LogP contribution in [0, 0.1) is 17.5 Å². The molecule has 4 heteroatoms. The van der Waals surface area contributed by atoms with Crippen molar-refractivity contribution in [3.8, 4) is 11.1 Å². The highest BCUT2D eigenvalue weighted by atomic mass is 35.5. The monoisotopic (exact) mass is 388 g/mol. The van der Waals surface area contributed by atoms with E-state index < -0.39 is 17.5 Å². The van der Waals surface area contributed by atoms with Crippen molar-refractivity contribution in [1.29, 1.82) is 0 Å². The van der Waals surface area contributed by atoms with Crippen LogP contribution in [0.25, 0.3) is 11.1 Å². The Balaban J connectivity index is 1.78. The molecule has 0 aliphatic heterocycles. The highest BCUT2D eigenvalue weighted by molar-refractivity contribution is 6.30. The molecule has 0 radical (unpaired) electrons. The smallest absolute Gasteiger partial charge is 0.142 e. The number of rotatable bonds is 6. The molecule has 0 heterocycles. The van der Waals surface area contributed by atoms with E-state index in [2.05, 4.69) is 6.92 Å². The Kier molecular flexibility index (Phi) is 6.22. The van der Waals surface area contributed by atoms with Gasteiger partial charge in [0.25, 0.3) is 0 Å². The summed E-state index contributed by atoms with van der Waals surface area (Å²) in [4.78, 5) is 0. The fraction of sp³-hybridized carbons (Fsp3) is 0.217. The van der Waals surface area contributed by atoms with Gasteiger partial charge in [-0.05, 0) is 65.8 Å². The molecule has 0 N–H and O–H groups in total. The largest absolute Gasteiger partial charge is 0.207 e. The molecule has 0 nitrogen and oxygen atoms in total. The van der Waals surface area contributed by atoms with Crippen molar-refractivity contribution >= 4 is 11.6 Å². The van der Waals surface area contributed by atoms with Crippen LogP contribution >= 0.6 is 11.6 Å². The van der Waals surface area contributed by atoms with Gasteiger partial charge in [0.05, 0.1) is 5.02 Å². The van der Waals surface area contributed by atoms with Crippen molar-refractivity contribution in [2.24, 2.45) is 0 Å². The third-order valence-corrected chi connectivity index (χ3v) is 4.92. The summed E-state index contributed by atoms with van der Waals surface area (Å²) in [5, 5.41) is 0.0328. The quantitative estimate of drug-likeness (QED) is 0.420. The lowest BCUT2D eigenvalue weighted by Gasteiger charge is -2.10. The maximum Gasteiger partial charge on any atom is 0.142 e. The van der Waals surface area contributed by atoms with Crippen molar-refractivity contribution in [1.82, 2.24) is 0 Å². The van der Waals surface area contributed by atoms with Gasteiger partial charge in [0.15, 0.2) is 0 Å². The summed E-state index contributed by atoms with van der Waals surface area (Å²) < 4.78 is 42.5. The SMILES string of the molecule is CCCc1ccc(-c2cc(F)c(CCc3ccc(Cl)c(F)c3)c(F)c2)cc1. The first-order valence-electron chi connectivity index (χ1n) is 8.99. The van der Waals surface area contributed by atoms with Crippen LogP contribution < -0.4 is 0 Å². The Morgan fingerprint density at radius 3 is 1.89 bits per heavy atom. The molecule has 0 amide bonds. The van der Waals surface area contributed by atoms with Crippen molar-refractivity contribution in [3.63, 3.8) is 0 Å². The molecule has 0 unspecified atom stereocenters. The van der Waals surface area contributed by atoms with Crippen molar-refractivity contribution in [2.45, 2.75) is 32.6 Å². The molecule has 27 heavy (non-hydrogen) atoms. The first-order valence-corrected chi connectivity index (χ1v) is 9.37. The lowest BCUT2D eigenvalue weighted by Crippen LogP contribution is -2.00. The molecule has 0 saturated carbocycles. The number of hydrogen-bond acceptors (Lipinski definition) is 0. The van der Waals surface area contributed by atoms with Gasteiger partial charge < -0.3 is 0 Å². The van der Waals surface area contributed by atoms with Gasteiger partial charge >= 0.3 is 0 Å². The standard InChI is InChI=1S/C23H20ClF3/c1-2-3-15-4-8-17(9-5-15)18-13-21(25)19(22(26)14-18)10-6-16-7-11-20(24)23(27)12-16/h4-5,7-9,11-14H,2-3,6,10H2,1H3. The molecule has 3 aromatic rings. The summed E-state index contributed by atoms with van der Waals surface area (Å²) in [6.07, 6.45) is 2.50. The maximum atomic E-state index is 14.5. The molecule has 3 aromatic carbocycles. The molecular formula is C23H20ClF3. The highest BCUT2D eigenvalue weighted by Crippen LogP contribution is 2.26. The van der Waals surface area contributed by atoms with E-state index >= 15 is 0 Å². The molecule has 0 aliphatic carbocycles. The summed E-state index contributed by atoms with van der Waals surface area (Å²) in [5.74, 6) is -1.70. The van der Waals surface area contributed by atoms with Gasteiger partial charge in [-0.25, -0.2) is 13.2 Å². The van der Waals surface area contributed by atoms with Crippen LogP contribution in [0.4, 0.5) is 13.2 Å². The molecular weight excluding hydrogens is 369 g/mol. The number of halogens is 4. The second kappa shape index (κ2) is 8.62. The van der Waals surface area contributed by atoms with Gasteiger partial charge in [-0.3, -0.25) is 0 Å². The predicted octanol–water partition coefficient (Wildman–Crippen LogP) is 7.16. The summed E-state index contributed by atoms with van der Waals surface area (Å²) in [5.41, 5.74) is 3.14. The molecule has 0 fully saturated rings. The Morgan fingerprint density at radius 1 is 0.667 bits per heavy atom. The average Bonchev–Trinajstić information content (AvgIpc) is 2.64. The highest BCUT2D eigenvalue weighted by Gasteiger charge is 2.13. The van der Waals surface area contributed by atoms with Crippen LogP contribution in [-0.2, 0) is 19.3 Å².